The third-order valence-corrected chi connectivity index (χ3v) is 5.93. The number of rotatable bonds is 5. The quantitative estimate of drug-likeness (QED) is 0.409. The topological polar surface area (TPSA) is 54.9 Å². The molecule has 0 aliphatic rings. The van der Waals surface area contributed by atoms with Gasteiger partial charge in [0.1, 0.15) is 0 Å². The molecule has 140 valence electrons. The zero-order chi connectivity index (χ0) is 19.5. The Morgan fingerprint density at radius 1 is 0.857 bits per heavy atom. The Morgan fingerprint density at radius 2 is 1.57 bits per heavy atom. The van der Waals surface area contributed by atoms with Crippen molar-refractivity contribution in [3.8, 4) is 0 Å². The molecule has 1 aromatic heterocycles. The van der Waals surface area contributed by atoms with E-state index in [1.165, 1.54) is 27.1 Å². The minimum atomic E-state index is -0.375. The largest absolute Gasteiger partial charge is 0.329 e. The second-order valence-electron chi connectivity index (χ2n) is 6.73. The molecule has 1 heterocycles. The average molecular weight is 388 g/mol. The third-order valence-electron chi connectivity index (χ3n) is 4.75. The van der Waals surface area contributed by atoms with Crippen LogP contribution in [0.2, 0.25) is 0 Å². The smallest absolute Gasteiger partial charge is 0.301 e. The zero-order valence-corrected chi connectivity index (χ0v) is 16.3. The Kier molecular flexibility index (Phi) is 5.17. The molecule has 0 spiro atoms. The van der Waals surface area contributed by atoms with Crippen molar-refractivity contribution in [2.24, 2.45) is 0 Å². The minimum absolute atomic E-state index is 0.242. The molecule has 0 radical (unpaired) electrons. The highest BCUT2D eigenvalue weighted by Gasteiger charge is 2.11. The number of benzene rings is 3. The van der Waals surface area contributed by atoms with Crippen LogP contribution in [0.15, 0.2) is 87.4 Å². The number of H-pyrrole nitrogens is 1. The number of fused-ring (bicyclic) bond motifs is 1. The van der Waals surface area contributed by atoms with Crippen molar-refractivity contribution in [3.63, 3.8) is 0 Å². The summed E-state index contributed by atoms with van der Waals surface area (Å²) in [5.41, 5.74) is 2.03. The molecule has 0 fully saturated rings. The van der Waals surface area contributed by atoms with Crippen molar-refractivity contribution >= 4 is 22.5 Å². The number of thioether (sulfide) groups is 1. The second-order valence-corrected chi connectivity index (χ2v) is 7.72. The molecule has 0 aliphatic carbocycles. The van der Waals surface area contributed by atoms with Crippen LogP contribution in [0.3, 0.4) is 0 Å². The first-order valence-electron chi connectivity index (χ1n) is 9.10. The van der Waals surface area contributed by atoms with Crippen LogP contribution in [0.25, 0.3) is 10.8 Å². The van der Waals surface area contributed by atoms with Gasteiger partial charge in [0.05, 0.1) is 11.6 Å². The molecular formula is C23H20N2O2S. The van der Waals surface area contributed by atoms with Crippen LogP contribution in [-0.4, -0.2) is 9.55 Å². The van der Waals surface area contributed by atoms with Gasteiger partial charge in [0.25, 0.3) is 5.56 Å². The predicted molar refractivity (Wildman–Crippen MR) is 115 cm³/mol. The molecule has 0 amide bonds. The van der Waals surface area contributed by atoms with E-state index in [0.29, 0.717) is 16.3 Å². The van der Waals surface area contributed by atoms with Crippen molar-refractivity contribution in [2.75, 3.05) is 0 Å². The van der Waals surface area contributed by atoms with Gasteiger partial charge in [-0.3, -0.25) is 9.36 Å². The Bertz CT molecular complexity index is 1240. The molecule has 0 atom stereocenters. The van der Waals surface area contributed by atoms with E-state index >= 15 is 0 Å². The maximum Gasteiger partial charge on any atom is 0.329 e. The lowest BCUT2D eigenvalue weighted by Gasteiger charge is -2.10. The van der Waals surface area contributed by atoms with Crippen molar-refractivity contribution in [2.45, 2.75) is 24.2 Å². The molecule has 0 bridgehead atoms. The molecule has 28 heavy (non-hydrogen) atoms. The molecule has 0 saturated heterocycles. The number of hydrogen-bond donors (Lipinski definition) is 1. The molecule has 0 aliphatic heterocycles. The SMILES string of the molecule is Cc1c(SCc2ccc3ccccc3c2)[nH]c(=O)n(Cc2ccccc2)c1=O. The van der Waals surface area contributed by atoms with E-state index in [1.807, 2.05) is 42.5 Å². The molecule has 0 saturated carbocycles. The Labute approximate surface area is 166 Å². The van der Waals surface area contributed by atoms with Crippen LogP contribution >= 0.6 is 11.8 Å². The average Bonchev–Trinajstić information content (AvgIpc) is 2.73. The summed E-state index contributed by atoms with van der Waals surface area (Å²) >= 11 is 1.48. The van der Waals surface area contributed by atoms with E-state index in [4.69, 9.17) is 0 Å². The van der Waals surface area contributed by atoms with Gasteiger partial charge in [0.15, 0.2) is 0 Å². The third kappa shape index (κ3) is 3.80. The normalized spacial score (nSPS) is 11.0. The first-order valence-corrected chi connectivity index (χ1v) is 10.1. The lowest BCUT2D eigenvalue weighted by molar-refractivity contribution is 0.671. The fourth-order valence-electron chi connectivity index (χ4n) is 3.19. The maximum atomic E-state index is 12.7. The fourth-order valence-corrected chi connectivity index (χ4v) is 4.14. The minimum Gasteiger partial charge on any atom is -0.301 e. The fraction of sp³-hybridized carbons (Fsp3) is 0.130. The molecule has 3 aromatic carbocycles. The van der Waals surface area contributed by atoms with E-state index in [-0.39, 0.29) is 17.8 Å². The standard InChI is InChI=1S/C23H20N2O2S/c1-16-21(28-15-18-11-12-19-9-5-6-10-20(19)13-18)24-23(27)25(22(16)26)14-17-7-3-2-4-8-17/h2-13H,14-15H2,1H3,(H,24,27). The van der Waals surface area contributed by atoms with E-state index in [1.54, 1.807) is 6.92 Å². The first kappa shape index (κ1) is 18.3. The van der Waals surface area contributed by atoms with Crippen LogP contribution in [0.1, 0.15) is 16.7 Å². The summed E-state index contributed by atoms with van der Waals surface area (Å²) in [6.45, 7) is 2.04. The van der Waals surface area contributed by atoms with Gasteiger partial charge in [-0.25, -0.2) is 4.79 Å². The van der Waals surface area contributed by atoms with Crippen LogP contribution < -0.4 is 11.2 Å². The van der Waals surface area contributed by atoms with Crippen LogP contribution in [0, 0.1) is 6.92 Å². The van der Waals surface area contributed by atoms with Gasteiger partial charge in [-0.05, 0) is 28.8 Å². The molecule has 4 aromatic rings. The van der Waals surface area contributed by atoms with Crippen molar-refractivity contribution in [1.82, 2.24) is 9.55 Å². The lowest BCUT2D eigenvalue weighted by Crippen LogP contribution is -2.37. The maximum absolute atomic E-state index is 12.7. The van der Waals surface area contributed by atoms with Gasteiger partial charge < -0.3 is 4.98 Å². The highest BCUT2D eigenvalue weighted by atomic mass is 32.2. The number of aromatic amines is 1. The summed E-state index contributed by atoms with van der Waals surface area (Å²) < 4.78 is 1.25. The van der Waals surface area contributed by atoms with E-state index in [2.05, 4.69) is 35.3 Å². The van der Waals surface area contributed by atoms with Gasteiger partial charge >= 0.3 is 5.69 Å². The molecule has 0 unspecified atom stereocenters. The van der Waals surface area contributed by atoms with Crippen LogP contribution in [0.4, 0.5) is 0 Å². The predicted octanol–water partition coefficient (Wildman–Crippen LogP) is 4.34. The molecule has 5 heteroatoms. The summed E-state index contributed by atoms with van der Waals surface area (Å²) in [6.07, 6.45) is 0. The molecule has 1 N–H and O–H groups in total. The van der Waals surface area contributed by atoms with Crippen LogP contribution in [-0.2, 0) is 12.3 Å². The van der Waals surface area contributed by atoms with E-state index in [0.717, 1.165) is 11.1 Å². The monoisotopic (exact) mass is 388 g/mol. The Hall–Kier alpha value is -3.05. The number of nitrogens with one attached hydrogen (secondary N) is 1. The summed E-state index contributed by atoms with van der Waals surface area (Å²) in [5.74, 6) is 0.684. The second kappa shape index (κ2) is 7.90. The summed E-state index contributed by atoms with van der Waals surface area (Å²) in [6, 6.07) is 24.1. The molecule has 4 nitrogen and oxygen atoms in total. The zero-order valence-electron chi connectivity index (χ0n) is 15.5. The van der Waals surface area contributed by atoms with Gasteiger partial charge in [-0.1, -0.05) is 72.8 Å². The van der Waals surface area contributed by atoms with E-state index in [9.17, 15) is 9.59 Å². The highest BCUT2D eigenvalue weighted by Crippen LogP contribution is 2.24. The van der Waals surface area contributed by atoms with Gasteiger partial charge in [0, 0.05) is 11.3 Å². The Balaban J connectivity index is 1.58. The number of nitrogens with zero attached hydrogens (tertiary/aromatic N) is 1. The molecular weight excluding hydrogens is 368 g/mol. The van der Waals surface area contributed by atoms with Gasteiger partial charge in [-0.2, -0.15) is 0 Å². The highest BCUT2D eigenvalue weighted by molar-refractivity contribution is 7.98. The van der Waals surface area contributed by atoms with Crippen LogP contribution in [0.5, 0.6) is 0 Å². The molecule has 4 rings (SSSR count). The number of aromatic nitrogens is 2. The lowest BCUT2D eigenvalue weighted by atomic mass is 10.1. The Morgan fingerprint density at radius 3 is 2.36 bits per heavy atom. The summed E-state index contributed by atoms with van der Waals surface area (Å²) in [4.78, 5) is 28.1. The first-order chi connectivity index (χ1) is 13.6. The van der Waals surface area contributed by atoms with Crippen molar-refractivity contribution in [1.29, 1.82) is 0 Å². The number of hydrogen-bond acceptors (Lipinski definition) is 3. The summed E-state index contributed by atoms with van der Waals surface area (Å²) in [7, 11) is 0. The van der Waals surface area contributed by atoms with Crippen molar-refractivity contribution < 1.29 is 0 Å². The van der Waals surface area contributed by atoms with Gasteiger partial charge in [-0.15, -0.1) is 11.8 Å². The van der Waals surface area contributed by atoms with E-state index < -0.39 is 0 Å². The van der Waals surface area contributed by atoms with Gasteiger partial charge in [0.2, 0.25) is 0 Å². The van der Waals surface area contributed by atoms with Crippen molar-refractivity contribution in [3.05, 3.63) is 110 Å². The summed E-state index contributed by atoms with van der Waals surface area (Å²) in [5, 5.41) is 3.01.